The smallest absolute Gasteiger partial charge is 0.250 e. The summed E-state index contributed by atoms with van der Waals surface area (Å²) in [5, 5.41) is 0.240. The molecule has 0 saturated carbocycles. The molecule has 0 aliphatic heterocycles. The molecule has 0 fully saturated rings. The average Bonchev–Trinajstić information content (AvgIpc) is 2.38. The number of benzene rings is 1. The van der Waals surface area contributed by atoms with E-state index < -0.39 is 8.32 Å². The normalized spacial score (nSPS) is 12.8. The van der Waals surface area contributed by atoms with Gasteiger partial charge in [-0.05, 0) is 47.3 Å². The van der Waals surface area contributed by atoms with Crippen LogP contribution in [-0.2, 0) is 0 Å². The highest BCUT2D eigenvalue weighted by atomic mass is 32.2. The lowest BCUT2D eigenvalue weighted by atomic mass is 10.2. The molecule has 1 aromatic rings. The van der Waals surface area contributed by atoms with Gasteiger partial charge in [-0.1, -0.05) is 46.8 Å². The van der Waals surface area contributed by atoms with Gasteiger partial charge in [-0.2, -0.15) is 0 Å². The van der Waals surface area contributed by atoms with E-state index >= 15 is 0 Å². The van der Waals surface area contributed by atoms with Crippen LogP contribution >= 0.6 is 23.5 Å². The fourth-order valence-electron chi connectivity index (χ4n) is 1.68. The highest BCUT2D eigenvalue weighted by Gasteiger charge is 2.38. The van der Waals surface area contributed by atoms with Crippen LogP contribution in [0.2, 0.25) is 18.1 Å². The molecule has 0 aliphatic rings. The number of rotatable bonds is 7. The predicted molar refractivity (Wildman–Crippen MR) is 103 cm³/mol. The van der Waals surface area contributed by atoms with Crippen molar-refractivity contribution >= 4 is 31.8 Å². The maximum absolute atomic E-state index is 6.35. The van der Waals surface area contributed by atoms with Gasteiger partial charge >= 0.3 is 0 Å². The first-order valence-electron chi connectivity index (χ1n) is 7.73. The molecule has 4 heteroatoms. The van der Waals surface area contributed by atoms with Gasteiger partial charge in [0.25, 0.3) is 0 Å². The molecule has 0 N–H and O–H groups in total. The zero-order valence-electron chi connectivity index (χ0n) is 14.5. The molecule has 1 rings (SSSR count). The molecule has 1 nitrogen and oxygen atoms in total. The standard InChI is InChI=1S/C17H30OS2Si/c1-8-19-16(20-9-2)14-10-12-15(13-11-14)18-21(6,7)17(3,4)5/h10-13,16H,8-9H2,1-7H3. The fraction of sp³-hybridized carbons (Fsp3) is 0.647. The lowest BCUT2D eigenvalue weighted by molar-refractivity contribution is 0.492. The van der Waals surface area contributed by atoms with Gasteiger partial charge < -0.3 is 4.43 Å². The summed E-state index contributed by atoms with van der Waals surface area (Å²) in [4.78, 5) is 0. The summed E-state index contributed by atoms with van der Waals surface area (Å²) in [5.74, 6) is 3.33. The molecule has 0 bridgehead atoms. The maximum atomic E-state index is 6.35. The van der Waals surface area contributed by atoms with Crippen molar-refractivity contribution in [2.24, 2.45) is 0 Å². The molecular weight excluding hydrogens is 312 g/mol. The van der Waals surface area contributed by atoms with Crippen molar-refractivity contribution in [3.8, 4) is 5.75 Å². The molecule has 1 aromatic carbocycles. The summed E-state index contributed by atoms with van der Waals surface area (Å²) in [6, 6.07) is 8.77. The third-order valence-electron chi connectivity index (χ3n) is 3.97. The van der Waals surface area contributed by atoms with Crippen LogP contribution in [0.25, 0.3) is 0 Å². The quantitative estimate of drug-likeness (QED) is 0.409. The number of hydrogen-bond donors (Lipinski definition) is 0. The largest absolute Gasteiger partial charge is 0.544 e. The van der Waals surface area contributed by atoms with Gasteiger partial charge in [0.2, 0.25) is 8.32 Å². The summed E-state index contributed by atoms with van der Waals surface area (Å²) in [6.07, 6.45) is 0. The molecule has 0 aliphatic carbocycles. The van der Waals surface area contributed by atoms with Crippen molar-refractivity contribution in [2.45, 2.75) is 57.3 Å². The Hall–Kier alpha value is -0.0631. The Kier molecular flexibility index (Phi) is 7.21. The van der Waals surface area contributed by atoms with E-state index in [4.69, 9.17) is 4.43 Å². The molecule has 0 radical (unpaired) electrons. The van der Waals surface area contributed by atoms with Gasteiger partial charge in [0, 0.05) is 0 Å². The molecular formula is C17H30OS2Si. The highest BCUT2D eigenvalue weighted by molar-refractivity contribution is 8.16. The topological polar surface area (TPSA) is 9.23 Å². The van der Waals surface area contributed by atoms with Gasteiger partial charge in [0.05, 0.1) is 4.58 Å². The second kappa shape index (κ2) is 7.98. The van der Waals surface area contributed by atoms with Crippen molar-refractivity contribution < 1.29 is 4.43 Å². The van der Waals surface area contributed by atoms with Crippen molar-refractivity contribution in [2.75, 3.05) is 11.5 Å². The fourth-order valence-corrected chi connectivity index (χ4v) is 5.22. The van der Waals surface area contributed by atoms with E-state index in [9.17, 15) is 0 Å². The summed E-state index contributed by atoms with van der Waals surface area (Å²) in [6.45, 7) is 15.9. The lowest BCUT2D eigenvalue weighted by Gasteiger charge is -2.36. The Morgan fingerprint density at radius 3 is 1.86 bits per heavy atom. The van der Waals surface area contributed by atoms with Gasteiger partial charge in [0.15, 0.2) is 0 Å². The van der Waals surface area contributed by atoms with Crippen LogP contribution in [-0.4, -0.2) is 19.8 Å². The van der Waals surface area contributed by atoms with Crippen molar-refractivity contribution in [3.63, 3.8) is 0 Å². The SMILES string of the molecule is CCSC(SCC)c1ccc(O[Si](C)(C)C(C)(C)C)cc1. The van der Waals surface area contributed by atoms with Crippen molar-refractivity contribution in [3.05, 3.63) is 29.8 Å². The van der Waals surface area contributed by atoms with Crippen LogP contribution in [0.5, 0.6) is 5.75 Å². The molecule has 0 aromatic heterocycles. The molecule has 0 heterocycles. The highest BCUT2D eigenvalue weighted by Crippen LogP contribution is 2.41. The molecule has 0 spiro atoms. The van der Waals surface area contributed by atoms with Crippen LogP contribution in [0.4, 0.5) is 0 Å². The molecule has 0 amide bonds. The van der Waals surface area contributed by atoms with Crippen LogP contribution in [0, 0.1) is 0 Å². The summed E-state index contributed by atoms with van der Waals surface area (Å²) in [5.41, 5.74) is 1.40. The Morgan fingerprint density at radius 2 is 1.48 bits per heavy atom. The van der Waals surface area contributed by atoms with Gasteiger partial charge in [0.1, 0.15) is 5.75 Å². The second-order valence-corrected chi connectivity index (χ2v) is 14.5. The molecule has 0 saturated heterocycles. The first kappa shape index (κ1) is 19.0. The maximum Gasteiger partial charge on any atom is 0.250 e. The molecule has 21 heavy (non-hydrogen) atoms. The number of thioether (sulfide) groups is 2. The Morgan fingerprint density at radius 1 is 1.00 bits per heavy atom. The summed E-state index contributed by atoms with van der Waals surface area (Å²) >= 11 is 4.02. The first-order valence-corrected chi connectivity index (χ1v) is 12.7. The van der Waals surface area contributed by atoms with Crippen LogP contribution < -0.4 is 4.43 Å². The van der Waals surface area contributed by atoms with Crippen LogP contribution in [0.1, 0.15) is 44.8 Å². The second-order valence-electron chi connectivity index (χ2n) is 6.67. The Labute approximate surface area is 140 Å². The lowest BCUT2D eigenvalue weighted by Crippen LogP contribution is -2.43. The van der Waals surface area contributed by atoms with Crippen LogP contribution in [0.15, 0.2) is 24.3 Å². The van der Waals surface area contributed by atoms with E-state index in [-0.39, 0.29) is 5.04 Å². The van der Waals surface area contributed by atoms with Gasteiger partial charge in [-0.3, -0.25) is 0 Å². The third-order valence-corrected chi connectivity index (χ3v) is 11.0. The van der Waals surface area contributed by atoms with Gasteiger partial charge in [-0.15, -0.1) is 23.5 Å². The molecule has 0 atom stereocenters. The van der Waals surface area contributed by atoms with Crippen molar-refractivity contribution in [1.82, 2.24) is 0 Å². The zero-order valence-corrected chi connectivity index (χ0v) is 17.2. The Bertz CT molecular complexity index is 417. The van der Waals surface area contributed by atoms with E-state index in [2.05, 4.69) is 72.0 Å². The first-order chi connectivity index (χ1) is 9.71. The Balaban J connectivity index is 2.82. The monoisotopic (exact) mass is 342 g/mol. The minimum absolute atomic E-state index is 0.240. The molecule has 120 valence electrons. The zero-order chi connectivity index (χ0) is 16.1. The van der Waals surface area contributed by atoms with E-state index in [1.165, 1.54) is 5.56 Å². The minimum atomic E-state index is -1.73. The minimum Gasteiger partial charge on any atom is -0.544 e. The summed E-state index contributed by atoms with van der Waals surface area (Å²) < 4.78 is 6.89. The van der Waals surface area contributed by atoms with E-state index in [0.717, 1.165) is 17.3 Å². The average molecular weight is 343 g/mol. The third kappa shape index (κ3) is 5.57. The number of hydrogen-bond acceptors (Lipinski definition) is 3. The van der Waals surface area contributed by atoms with E-state index in [0.29, 0.717) is 4.58 Å². The van der Waals surface area contributed by atoms with Crippen molar-refractivity contribution in [1.29, 1.82) is 0 Å². The van der Waals surface area contributed by atoms with E-state index in [1.54, 1.807) is 0 Å². The predicted octanol–water partition coefficient (Wildman–Crippen LogP) is 6.58. The van der Waals surface area contributed by atoms with Gasteiger partial charge in [-0.25, -0.2) is 0 Å². The van der Waals surface area contributed by atoms with Crippen LogP contribution in [0.3, 0.4) is 0 Å². The molecule has 0 unspecified atom stereocenters. The van der Waals surface area contributed by atoms with E-state index in [1.807, 2.05) is 23.5 Å². The summed E-state index contributed by atoms with van der Waals surface area (Å²) in [7, 11) is -1.73.